The maximum absolute atomic E-state index is 13.9. The summed E-state index contributed by atoms with van der Waals surface area (Å²) in [5, 5.41) is 4.87. The predicted molar refractivity (Wildman–Crippen MR) is 102 cm³/mol. The van der Waals surface area contributed by atoms with Gasteiger partial charge in [-0.25, -0.2) is 8.78 Å². The summed E-state index contributed by atoms with van der Waals surface area (Å²) in [7, 11) is 0. The van der Waals surface area contributed by atoms with E-state index in [1.807, 2.05) is 12.1 Å². The molecule has 0 radical (unpaired) electrons. The number of amides is 1. The van der Waals surface area contributed by atoms with Gasteiger partial charge in [0.2, 0.25) is 0 Å². The van der Waals surface area contributed by atoms with Crippen LogP contribution in [-0.2, 0) is 6.42 Å². The van der Waals surface area contributed by atoms with E-state index in [0.717, 1.165) is 22.7 Å². The summed E-state index contributed by atoms with van der Waals surface area (Å²) >= 11 is 6.12. The third kappa shape index (κ3) is 3.06. The minimum absolute atomic E-state index is 0.152. The number of halogens is 3. The summed E-state index contributed by atoms with van der Waals surface area (Å²) in [6.45, 7) is 2.16. The lowest BCUT2D eigenvalue weighted by molar-refractivity contribution is 0.0950. The van der Waals surface area contributed by atoms with Crippen LogP contribution in [0.15, 0.2) is 36.4 Å². The van der Waals surface area contributed by atoms with Gasteiger partial charge in [-0.2, -0.15) is 0 Å². The van der Waals surface area contributed by atoms with Crippen LogP contribution in [0.2, 0.25) is 5.02 Å². The van der Waals surface area contributed by atoms with Crippen LogP contribution in [-0.4, -0.2) is 22.4 Å². The highest BCUT2D eigenvalue weighted by Crippen LogP contribution is 2.26. The predicted octanol–water partition coefficient (Wildman–Crippen LogP) is 4.86. The van der Waals surface area contributed by atoms with E-state index in [9.17, 15) is 13.6 Å². The molecule has 0 saturated carbocycles. The van der Waals surface area contributed by atoms with E-state index in [2.05, 4.69) is 15.3 Å². The minimum atomic E-state index is -0.888. The monoisotopic (exact) mass is 387 g/mol. The summed E-state index contributed by atoms with van der Waals surface area (Å²) in [4.78, 5) is 18.3. The quantitative estimate of drug-likeness (QED) is 0.460. The van der Waals surface area contributed by atoms with Gasteiger partial charge in [0.05, 0.1) is 16.1 Å². The van der Waals surface area contributed by atoms with Crippen molar-refractivity contribution >= 4 is 39.3 Å². The zero-order chi connectivity index (χ0) is 19.1. The number of H-pyrrole nitrogens is 2. The molecule has 2 heterocycles. The first-order valence-electron chi connectivity index (χ1n) is 8.46. The van der Waals surface area contributed by atoms with Gasteiger partial charge < -0.3 is 15.3 Å². The van der Waals surface area contributed by atoms with Crippen molar-refractivity contribution in [1.82, 2.24) is 15.3 Å². The molecule has 7 heteroatoms. The van der Waals surface area contributed by atoms with Gasteiger partial charge in [-0.15, -0.1) is 0 Å². The number of aromatic amines is 2. The highest BCUT2D eigenvalue weighted by molar-refractivity contribution is 6.35. The molecular formula is C20H16ClF2N3O. The summed E-state index contributed by atoms with van der Waals surface area (Å²) in [5.74, 6) is -2.03. The Hall–Kier alpha value is -2.86. The van der Waals surface area contributed by atoms with Crippen molar-refractivity contribution in [2.45, 2.75) is 13.3 Å². The molecule has 0 aliphatic rings. The number of hydrogen-bond donors (Lipinski definition) is 3. The van der Waals surface area contributed by atoms with Crippen molar-refractivity contribution in [3.8, 4) is 0 Å². The van der Waals surface area contributed by atoms with Crippen molar-refractivity contribution in [3.63, 3.8) is 0 Å². The van der Waals surface area contributed by atoms with Gasteiger partial charge in [-0.1, -0.05) is 23.7 Å². The van der Waals surface area contributed by atoms with E-state index < -0.39 is 11.6 Å². The molecule has 0 fully saturated rings. The number of hydrogen-bond acceptors (Lipinski definition) is 1. The maximum Gasteiger partial charge on any atom is 0.267 e. The summed E-state index contributed by atoms with van der Waals surface area (Å²) in [5.41, 5.74) is 2.89. The van der Waals surface area contributed by atoms with Gasteiger partial charge in [0.1, 0.15) is 5.69 Å². The highest BCUT2D eigenvalue weighted by atomic mass is 35.5. The van der Waals surface area contributed by atoms with Gasteiger partial charge in [-0.3, -0.25) is 4.79 Å². The fourth-order valence-corrected chi connectivity index (χ4v) is 3.58. The molecule has 3 N–H and O–H groups in total. The van der Waals surface area contributed by atoms with Crippen molar-refractivity contribution < 1.29 is 13.6 Å². The molecule has 138 valence electrons. The Morgan fingerprint density at radius 3 is 2.74 bits per heavy atom. The van der Waals surface area contributed by atoms with Crippen LogP contribution in [0.25, 0.3) is 21.8 Å². The Balaban J connectivity index is 1.50. The van der Waals surface area contributed by atoms with E-state index >= 15 is 0 Å². The van der Waals surface area contributed by atoms with Crippen LogP contribution < -0.4 is 5.32 Å². The number of benzene rings is 2. The molecule has 2 aromatic carbocycles. The molecule has 27 heavy (non-hydrogen) atoms. The first-order chi connectivity index (χ1) is 13.0. The molecule has 0 unspecified atom stereocenters. The molecule has 0 aliphatic carbocycles. The Labute approximate surface area is 158 Å². The number of aromatic nitrogens is 2. The number of nitrogens with one attached hydrogen (secondary N) is 3. The average Bonchev–Trinajstić information content (AvgIpc) is 3.21. The number of carbonyl (C=O) groups is 1. The molecule has 0 atom stereocenters. The molecule has 4 rings (SSSR count). The normalized spacial score (nSPS) is 11.4. The summed E-state index contributed by atoms with van der Waals surface area (Å²) in [6.07, 6.45) is 0.490. The Bertz CT molecular complexity index is 1180. The topological polar surface area (TPSA) is 60.7 Å². The fraction of sp³-hybridized carbons (Fsp3) is 0.150. The van der Waals surface area contributed by atoms with Crippen LogP contribution >= 0.6 is 11.6 Å². The standard InChI is InChI=1S/C20H16ClF2N3O/c1-10-12(13-5-6-15(22)17(23)19(13)25-10)7-8-24-20(27)16-9-11-3-2-4-14(21)18(11)26-16/h2-6,9,25-26H,7-8H2,1H3,(H,24,27). The first kappa shape index (κ1) is 17.5. The second-order valence-electron chi connectivity index (χ2n) is 6.41. The van der Waals surface area contributed by atoms with Crippen LogP contribution in [0.3, 0.4) is 0 Å². The SMILES string of the molecule is Cc1[nH]c2c(F)c(F)ccc2c1CCNC(=O)c1cc2cccc(Cl)c2[nH]1. The third-order valence-corrected chi connectivity index (χ3v) is 5.01. The number of rotatable bonds is 4. The first-order valence-corrected chi connectivity index (χ1v) is 8.84. The molecule has 2 aromatic heterocycles. The fourth-order valence-electron chi connectivity index (χ4n) is 3.35. The van der Waals surface area contributed by atoms with Crippen molar-refractivity contribution in [2.24, 2.45) is 0 Å². The van der Waals surface area contributed by atoms with Crippen molar-refractivity contribution in [1.29, 1.82) is 0 Å². The molecule has 4 aromatic rings. The molecule has 0 bridgehead atoms. The largest absolute Gasteiger partial charge is 0.356 e. The van der Waals surface area contributed by atoms with Crippen LogP contribution in [0.4, 0.5) is 8.78 Å². The van der Waals surface area contributed by atoms with Gasteiger partial charge in [-0.05, 0) is 43.2 Å². The third-order valence-electron chi connectivity index (χ3n) is 4.70. The second kappa shape index (κ2) is 6.70. The van der Waals surface area contributed by atoms with Crippen LogP contribution in [0.1, 0.15) is 21.7 Å². The molecule has 1 amide bonds. The lowest BCUT2D eigenvalue weighted by Crippen LogP contribution is -2.26. The van der Waals surface area contributed by atoms with E-state index in [-0.39, 0.29) is 11.4 Å². The van der Waals surface area contributed by atoms with Crippen LogP contribution in [0.5, 0.6) is 0 Å². The number of fused-ring (bicyclic) bond motifs is 2. The molecule has 0 aliphatic heterocycles. The lowest BCUT2D eigenvalue weighted by Gasteiger charge is -2.05. The van der Waals surface area contributed by atoms with Crippen LogP contribution in [0, 0.1) is 18.6 Å². The molecule has 0 spiro atoms. The van der Waals surface area contributed by atoms with Gasteiger partial charge in [0.15, 0.2) is 11.6 Å². The molecule has 4 nitrogen and oxygen atoms in total. The van der Waals surface area contributed by atoms with E-state index in [4.69, 9.17) is 11.6 Å². The smallest absolute Gasteiger partial charge is 0.267 e. The Kier molecular flexibility index (Phi) is 4.36. The van der Waals surface area contributed by atoms with Crippen molar-refractivity contribution in [3.05, 3.63) is 70.0 Å². The molecule has 0 saturated heterocycles. The van der Waals surface area contributed by atoms with Gasteiger partial charge >= 0.3 is 0 Å². The molecular weight excluding hydrogens is 372 g/mol. The zero-order valence-electron chi connectivity index (χ0n) is 14.4. The highest BCUT2D eigenvalue weighted by Gasteiger charge is 2.15. The van der Waals surface area contributed by atoms with E-state index in [0.29, 0.717) is 34.6 Å². The van der Waals surface area contributed by atoms with Gasteiger partial charge in [0.25, 0.3) is 5.91 Å². The zero-order valence-corrected chi connectivity index (χ0v) is 15.2. The average molecular weight is 388 g/mol. The lowest BCUT2D eigenvalue weighted by atomic mass is 10.1. The number of carbonyl (C=O) groups excluding carboxylic acids is 1. The Morgan fingerprint density at radius 2 is 1.96 bits per heavy atom. The second-order valence-corrected chi connectivity index (χ2v) is 6.81. The van der Waals surface area contributed by atoms with Crippen molar-refractivity contribution in [2.75, 3.05) is 6.54 Å². The number of para-hydroxylation sites is 1. The minimum Gasteiger partial charge on any atom is -0.356 e. The number of aryl methyl sites for hydroxylation is 1. The Morgan fingerprint density at radius 1 is 1.15 bits per heavy atom. The van der Waals surface area contributed by atoms with E-state index in [1.54, 1.807) is 25.1 Å². The maximum atomic E-state index is 13.9. The summed E-state index contributed by atoms with van der Waals surface area (Å²) in [6, 6.07) is 9.85. The summed E-state index contributed by atoms with van der Waals surface area (Å²) < 4.78 is 27.3. The van der Waals surface area contributed by atoms with Gasteiger partial charge in [0, 0.05) is 23.0 Å². The van der Waals surface area contributed by atoms with E-state index in [1.165, 1.54) is 0 Å².